The van der Waals surface area contributed by atoms with Crippen LogP contribution in [0.25, 0.3) is 11.6 Å². The van der Waals surface area contributed by atoms with E-state index in [0.29, 0.717) is 11.1 Å². The molecule has 1 aromatic carbocycles. The number of hydrogen-bond donors (Lipinski definition) is 0. The summed E-state index contributed by atoms with van der Waals surface area (Å²) in [6.45, 7) is 9.74. The fourth-order valence-corrected chi connectivity index (χ4v) is 1.65. The van der Waals surface area contributed by atoms with Crippen molar-refractivity contribution in [3.63, 3.8) is 0 Å². The van der Waals surface area contributed by atoms with E-state index >= 15 is 0 Å². The minimum Gasteiger partial charge on any atom is -0.494 e. The Morgan fingerprint density at radius 1 is 1.41 bits per heavy atom. The van der Waals surface area contributed by atoms with Crippen LogP contribution in [-0.4, -0.2) is 7.11 Å². The average molecular weight is 234 g/mol. The van der Waals surface area contributed by atoms with Crippen molar-refractivity contribution in [2.75, 3.05) is 7.11 Å². The fourth-order valence-electron chi connectivity index (χ4n) is 1.65. The molecule has 0 aromatic heterocycles. The standard InChI is InChI=1S/C15H19FO/c1-6-11(4)9-12-7-8-13(17-5)15(16)14(12)10(2)3/h7-9H,2,6H2,1,3-5H3/b11-9-. The molecule has 0 radical (unpaired) electrons. The molecule has 0 fully saturated rings. The summed E-state index contributed by atoms with van der Waals surface area (Å²) in [7, 11) is 1.47. The molecule has 92 valence electrons. The molecule has 1 rings (SSSR count). The molecular formula is C15H19FO. The van der Waals surface area contributed by atoms with E-state index in [9.17, 15) is 4.39 Å². The van der Waals surface area contributed by atoms with Gasteiger partial charge in [0.05, 0.1) is 7.11 Å². The van der Waals surface area contributed by atoms with Gasteiger partial charge in [-0.15, -0.1) is 0 Å². The van der Waals surface area contributed by atoms with Crippen LogP contribution in [0.1, 0.15) is 38.3 Å². The van der Waals surface area contributed by atoms with Crippen LogP contribution in [0.5, 0.6) is 5.75 Å². The molecule has 1 aromatic rings. The van der Waals surface area contributed by atoms with E-state index < -0.39 is 0 Å². The van der Waals surface area contributed by atoms with Crippen LogP contribution in [0.2, 0.25) is 0 Å². The Morgan fingerprint density at radius 3 is 2.53 bits per heavy atom. The molecule has 0 aliphatic heterocycles. The Kier molecular flexibility index (Phi) is 4.50. The number of rotatable bonds is 4. The third-order valence-corrected chi connectivity index (χ3v) is 2.75. The number of hydrogen-bond acceptors (Lipinski definition) is 1. The van der Waals surface area contributed by atoms with Gasteiger partial charge in [0, 0.05) is 5.56 Å². The molecule has 0 saturated carbocycles. The lowest BCUT2D eigenvalue weighted by Gasteiger charge is -2.11. The maximum absolute atomic E-state index is 14.1. The zero-order valence-electron chi connectivity index (χ0n) is 10.9. The zero-order chi connectivity index (χ0) is 13.0. The minimum atomic E-state index is -0.336. The van der Waals surface area contributed by atoms with Crippen molar-refractivity contribution in [1.82, 2.24) is 0 Å². The molecule has 0 bridgehead atoms. The normalized spacial score (nSPS) is 11.5. The van der Waals surface area contributed by atoms with Crippen LogP contribution in [0.15, 0.2) is 24.3 Å². The van der Waals surface area contributed by atoms with Crippen LogP contribution in [-0.2, 0) is 0 Å². The molecule has 0 unspecified atom stereocenters. The van der Waals surface area contributed by atoms with Crippen molar-refractivity contribution in [2.24, 2.45) is 0 Å². The Morgan fingerprint density at radius 2 is 2.06 bits per heavy atom. The number of ether oxygens (including phenoxy) is 1. The average Bonchev–Trinajstić information content (AvgIpc) is 2.28. The summed E-state index contributed by atoms with van der Waals surface area (Å²) in [6.07, 6.45) is 2.94. The second-order valence-corrected chi connectivity index (χ2v) is 4.17. The number of methoxy groups -OCH3 is 1. The van der Waals surface area contributed by atoms with E-state index in [1.54, 1.807) is 13.0 Å². The van der Waals surface area contributed by atoms with Gasteiger partial charge in [0.1, 0.15) is 0 Å². The third kappa shape index (κ3) is 2.96. The van der Waals surface area contributed by atoms with Crippen molar-refractivity contribution in [1.29, 1.82) is 0 Å². The Bertz CT molecular complexity index is 458. The molecule has 0 aliphatic rings. The van der Waals surface area contributed by atoms with Gasteiger partial charge >= 0.3 is 0 Å². The predicted octanol–water partition coefficient (Wildman–Crippen LogP) is 4.68. The maximum Gasteiger partial charge on any atom is 0.173 e. The van der Waals surface area contributed by atoms with E-state index in [0.717, 1.165) is 12.0 Å². The maximum atomic E-state index is 14.1. The van der Waals surface area contributed by atoms with E-state index in [1.807, 2.05) is 19.1 Å². The summed E-state index contributed by atoms with van der Waals surface area (Å²) < 4.78 is 19.1. The van der Waals surface area contributed by atoms with Crippen molar-refractivity contribution in [3.05, 3.63) is 41.2 Å². The molecule has 1 nitrogen and oxygen atoms in total. The largest absolute Gasteiger partial charge is 0.494 e. The van der Waals surface area contributed by atoms with Gasteiger partial charge < -0.3 is 4.74 Å². The topological polar surface area (TPSA) is 9.23 Å². The van der Waals surface area contributed by atoms with E-state index in [2.05, 4.69) is 13.5 Å². The quantitative estimate of drug-likeness (QED) is 0.735. The van der Waals surface area contributed by atoms with Crippen molar-refractivity contribution in [3.8, 4) is 5.75 Å². The summed E-state index contributed by atoms with van der Waals surface area (Å²) in [6, 6.07) is 3.52. The molecule has 0 saturated heterocycles. The smallest absolute Gasteiger partial charge is 0.173 e. The van der Waals surface area contributed by atoms with Crippen molar-refractivity contribution >= 4 is 11.6 Å². The summed E-state index contributed by atoms with van der Waals surface area (Å²) in [5.74, 6) is -0.0769. The van der Waals surface area contributed by atoms with Gasteiger partial charge in [-0.1, -0.05) is 31.2 Å². The van der Waals surface area contributed by atoms with Gasteiger partial charge in [0.2, 0.25) is 0 Å². The molecule has 0 atom stereocenters. The van der Waals surface area contributed by atoms with Gasteiger partial charge in [-0.25, -0.2) is 4.39 Å². The highest BCUT2D eigenvalue weighted by Gasteiger charge is 2.13. The lowest BCUT2D eigenvalue weighted by atomic mass is 9.98. The van der Waals surface area contributed by atoms with Gasteiger partial charge in [-0.3, -0.25) is 0 Å². The Labute approximate surface area is 103 Å². The molecule has 0 N–H and O–H groups in total. The first kappa shape index (κ1) is 13.5. The first-order chi connectivity index (χ1) is 8.01. The SMILES string of the molecule is C=C(C)c1c(/C=C(/C)CC)ccc(OC)c1F. The second kappa shape index (κ2) is 5.67. The highest BCUT2D eigenvalue weighted by atomic mass is 19.1. The summed E-state index contributed by atoms with van der Waals surface area (Å²) >= 11 is 0. The van der Waals surface area contributed by atoms with E-state index in [4.69, 9.17) is 4.74 Å². The number of halogens is 1. The molecular weight excluding hydrogens is 215 g/mol. The number of allylic oxidation sites excluding steroid dienone is 2. The molecule has 0 amide bonds. The van der Waals surface area contributed by atoms with Gasteiger partial charge in [0.25, 0.3) is 0 Å². The molecule has 2 heteroatoms. The Hall–Kier alpha value is -1.57. The first-order valence-corrected chi connectivity index (χ1v) is 5.70. The van der Waals surface area contributed by atoms with Crippen molar-refractivity contribution in [2.45, 2.75) is 27.2 Å². The van der Waals surface area contributed by atoms with Crippen LogP contribution < -0.4 is 4.74 Å². The van der Waals surface area contributed by atoms with Gasteiger partial charge in [-0.05, 0) is 37.5 Å². The molecule has 0 spiro atoms. The van der Waals surface area contributed by atoms with Crippen LogP contribution >= 0.6 is 0 Å². The summed E-state index contributed by atoms with van der Waals surface area (Å²) in [4.78, 5) is 0. The van der Waals surface area contributed by atoms with Crippen LogP contribution in [0.4, 0.5) is 4.39 Å². The summed E-state index contributed by atoms with van der Waals surface area (Å²) in [5.41, 5.74) is 3.31. The third-order valence-electron chi connectivity index (χ3n) is 2.75. The molecule has 0 heterocycles. The van der Waals surface area contributed by atoms with Gasteiger partial charge in [-0.2, -0.15) is 0 Å². The van der Waals surface area contributed by atoms with Gasteiger partial charge in [0.15, 0.2) is 11.6 Å². The monoisotopic (exact) mass is 234 g/mol. The fraction of sp³-hybridized carbons (Fsp3) is 0.333. The second-order valence-electron chi connectivity index (χ2n) is 4.17. The molecule has 0 aliphatic carbocycles. The van der Waals surface area contributed by atoms with E-state index in [-0.39, 0.29) is 11.6 Å². The van der Waals surface area contributed by atoms with Crippen LogP contribution in [0, 0.1) is 5.82 Å². The van der Waals surface area contributed by atoms with Crippen molar-refractivity contribution < 1.29 is 9.13 Å². The Balaban J connectivity index is 3.42. The predicted molar refractivity (Wildman–Crippen MR) is 71.6 cm³/mol. The van der Waals surface area contributed by atoms with Crippen LogP contribution in [0.3, 0.4) is 0 Å². The summed E-state index contributed by atoms with van der Waals surface area (Å²) in [5, 5.41) is 0. The number of benzene rings is 1. The van der Waals surface area contributed by atoms with E-state index in [1.165, 1.54) is 12.7 Å². The lowest BCUT2D eigenvalue weighted by molar-refractivity contribution is 0.386. The zero-order valence-corrected chi connectivity index (χ0v) is 10.9. The first-order valence-electron chi connectivity index (χ1n) is 5.70. The molecule has 17 heavy (non-hydrogen) atoms. The highest BCUT2D eigenvalue weighted by molar-refractivity contribution is 5.74. The lowest BCUT2D eigenvalue weighted by Crippen LogP contribution is -1.96. The minimum absolute atomic E-state index is 0.259. The highest BCUT2D eigenvalue weighted by Crippen LogP contribution is 2.30.